The molecule has 3 heterocycles. The first-order chi connectivity index (χ1) is 43.1. The first-order valence-electron chi connectivity index (χ1n) is 31.2. The summed E-state index contributed by atoms with van der Waals surface area (Å²) in [5, 5.41) is 13.9. The summed E-state index contributed by atoms with van der Waals surface area (Å²) in [7, 11) is 7.46. The molecule has 26 heteroatoms. The van der Waals surface area contributed by atoms with E-state index in [2.05, 4.69) is 26.6 Å². The van der Waals surface area contributed by atoms with Gasteiger partial charge in [0.25, 0.3) is 0 Å². The molecule has 25 nitrogen and oxygen atoms in total. The van der Waals surface area contributed by atoms with Crippen molar-refractivity contribution < 1.29 is 76.4 Å². The van der Waals surface area contributed by atoms with Crippen LogP contribution in [0, 0.1) is 17.8 Å². The molecule has 91 heavy (non-hydrogen) atoms. The number of hydrogen-bond acceptors (Lipinski definition) is 16. The van der Waals surface area contributed by atoms with Crippen LogP contribution in [0.1, 0.15) is 130 Å². The third kappa shape index (κ3) is 20.4. The van der Waals surface area contributed by atoms with Crippen LogP contribution in [0.5, 0.6) is 5.75 Å². The van der Waals surface area contributed by atoms with Crippen LogP contribution in [0.15, 0.2) is 60.2 Å². The predicted molar refractivity (Wildman–Crippen MR) is 339 cm³/mol. The summed E-state index contributed by atoms with van der Waals surface area (Å²) in [6, 6.07) is 5.57. The van der Waals surface area contributed by atoms with Gasteiger partial charge in [-0.3, -0.25) is 28.8 Å². The number of ketones is 1. The predicted octanol–water partition coefficient (Wildman–Crippen LogP) is 6.80. The van der Waals surface area contributed by atoms with Gasteiger partial charge in [0.1, 0.15) is 59.1 Å². The zero-order valence-electron chi connectivity index (χ0n) is 54.2. The number of epoxide rings is 1. The Kier molecular flexibility index (Phi) is 26.6. The van der Waals surface area contributed by atoms with E-state index in [0.29, 0.717) is 54.8 Å². The Morgan fingerprint density at radius 3 is 2.30 bits per heavy atom. The van der Waals surface area contributed by atoms with E-state index in [4.69, 9.17) is 45.8 Å². The number of carbonyl (C=O) groups excluding carboxylic acids is 10. The molecule has 3 aliphatic heterocycles. The molecule has 2 aromatic carbocycles. The standard InChI is InChI=1S/C65H92ClN9O16/c1-37(2)57(72-53(77)23-13-12-21-48(76)43-18-15-19-43)60(81)70-45(20-16-29-68-62(67)83)59(80)69-44-26-24-41(25-27-44)36-88-64(85)73(7)30-28-54(78)74(8)40(5)61(82)90-52-35-55(79)75(9)47-32-42(33-51(87-11)56(47)66)31-38(3)17-14-22-49(86-10)46-34-50(89-63(84)71-46)39(4)58-65(52,6)91-58/h14,17,22,24-27,32-33,37,39-40,43,45-46,49-50,52,57-58H,12-13,15-16,18-21,23,28-31,34-36H2,1-11H3,(H,69,80)(H,70,81)(H,71,84)(H,72,77)(H3,67,68,83)/b22-14+,38-17+/t39-,40+,45+,46?,49-,50+,52+,57+,58+,65+/m1/s1. The van der Waals surface area contributed by atoms with Gasteiger partial charge in [-0.1, -0.05) is 74.7 Å². The van der Waals surface area contributed by atoms with E-state index >= 15 is 0 Å². The highest BCUT2D eigenvalue weighted by atomic mass is 35.5. The van der Waals surface area contributed by atoms with Crippen LogP contribution in [0.4, 0.5) is 25.8 Å². The minimum Gasteiger partial charge on any atom is -0.495 e. The fourth-order valence-corrected chi connectivity index (χ4v) is 11.5. The highest BCUT2D eigenvalue weighted by Crippen LogP contribution is 2.49. The molecular weight excluding hydrogens is 1200 g/mol. The molecule has 10 atom stereocenters. The molecule has 1 unspecified atom stereocenters. The number of carbonyl (C=O) groups is 10. The summed E-state index contributed by atoms with van der Waals surface area (Å²) in [5.41, 5.74) is 7.00. The highest BCUT2D eigenvalue weighted by Gasteiger charge is 2.64. The van der Waals surface area contributed by atoms with Crippen molar-refractivity contribution >= 4 is 82.5 Å². The summed E-state index contributed by atoms with van der Waals surface area (Å²) in [5.74, 6) is -3.37. The summed E-state index contributed by atoms with van der Waals surface area (Å²) < 4.78 is 35.4. The van der Waals surface area contributed by atoms with Gasteiger partial charge in [0.15, 0.2) is 0 Å². The number of nitrogens with one attached hydrogen (secondary N) is 5. The number of urea groups is 1. The third-order valence-corrected chi connectivity index (χ3v) is 17.9. The molecule has 6 rings (SSSR count). The number of likely N-dealkylation sites (N-methyl/N-ethyl adjacent to an activating group) is 1. The van der Waals surface area contributed by atoms with Gasteiger partial charge >= 0.3 is 24.2 Å². The maximum Gasteiger partial charge on any atom is 0.409 e. The van der Waals surface area contributed by atoms with Gasteiger partial charge in [0.05, 0.1) is 37.5 Å². The van der Waals surface area contributed by atoms with Crippen LogP contribution in [-0.4, -0.2) is 172 Å². The van der Waals surface area contributed by atoms with E-state index in [0.717, 1.165) is 30.4 Å². The smallest absolute Gasteiger partial charge is 0.409 e. The van der Waals surface area contributed by atoms with Crippen molar-refractivity contribution in [1.29, 1.82) is 0 Å². The number of fused-ring (bicyclic) bond motifs is 5. The van der Waals surface area contributed by atoms with Crippen LogP contribution in [0.3, 0.4) is 0 Å². The molecule has 3 fully saturated rings. The molecule has 0 aromatic heterocycles. The molecular formula is C65H92ClN9O16. The number of ether oxygens (including phenoxy) is 6. The Morgan fingerprint density at radius 2 is 1.65 bits per heavy atom. The molecule has 9 amide bonds. The van der Waals surface area contributed by atoms with Crippen molar-refractivity contribution in [2.24, 2.45) is 23.5 Å². The second kappa shape index (κ2) is 33.5. The number of esters is 1. The molecule has 500 valence electrons. The lowest BCUT2D eigenvalue weighted by Gasteiger charge is -2.36. The number of hydrogen-bond donors (Lipinski definition) is 6. The molecule has 2 saturated heterocycles. The van der Waals surface area contributed by atoms with Gasteiger partial charge in [-0.15, -0.1) is 0 Å². The van der Waals surface area contributed by atoms with Crippen molar-refractivity contribution in [3.05, 3.63) is 76.3 Å². The average molecular weight is 1290 g/mol. The van der Waals surface area contributed by atoms with E-state index in [9.17, 15) is 47.9 Å². The van der Waals surface area contributed by atoms with Crippen LogP contribution >= 0.6 is 11.6 Å². The topological polar surface area (TPSA) is 325 Å². The maximum absolute atomic E-state index is 14.4. The fraction of sp³-hybridized carbons (Fsp3) is 0.600. The molecule has 0 radical (unpaired) electrons. The lowest BCUT2D eigenvalue weighted by atomic mass is 9.80. The molecule has 0 spiro atoms. The minimum absolute atomic E-state index is 0.0955. The highest BCUT2D eigenvalue weighted by molar-refractivity contribution is 6.35. The number of primary amides is 1. The summed E-state index contributed by atoms with van der Waals surface area (Å²) in [4.78, 5) is 136. The largest absolute Gasteiger partial charge is 0.495 e. The molecule has 7 N–H and O–H groups in total. The quantitative estimate of drug-likeness (QED) is 0.0244. The van der Waals surface area contributed by atoms with E-state index in [1.54, 1.807) is 71.3 Å². The zero-order chi connectivity index (χ0) is 66.9. The number of alkyl carbamates (subject to hydrolysis) is 1. The van der Waals surface area contributed by atoms with Crippen molar-refractivity contribution in [3.8, 4) is 5.75 Å². The van der Waals surface area contributed by atoms with E-state index in [-0.39, 0.29) is 80.3 Å². The van der Waals surface area contributed by atoms with Gasteiger partial charge < -0.3 is 75.4 Å². The first-order valence-corrected chi connectivity index (χ1v) is 31.6. The van der Waals surface area contributed by atoms with Gasteiger partial charge in [0, 0.05) is 84.5 Å². The maximum atomic E-state index is 14.4. The van der Waals surface area contributed by atoms with Crippen molar-refractivity contribution in [2.75, 3.05) is 58.7 Å². The Bertz CT molecular complexity index is 3010. The Morgan fingerprint density at radius 1 is 0.945 bits per heavy atom. The molecule has 4 aliphatic rings. The number of anilines is 2. The number of rotatable bonds is 26. The summed E-state index contributed by atoms with van der Waals surface area (Å²) >= 11 is 6.85. The van der Waals surface area contributed by atoms with E-state index in [1.165, 1.54) is 42.8 Å². The van der Waals surface area contributed by atoms with E-state index in [1.807, 2.05) is 32.1 Å². The van der Waals surface area contributed by atoms with Crippen LogP contribution in [0.25, 0.3) is 0 Å². The average Bonchev–Trinajstić information content (AvgIpc) is 1.59. The van der Waals surface area contributed by atoms with Crippen LogP contribution < -0.4 is 42.0 Å². The van der Waals surface area contributed by atoms with Crippen molar-refractivity contribution in [2.45, 2.75) is 186 Å². The summed E-state index contributed by atoms with van der Waals surface area (Å²) in [6.07, 6.45) is 6.43. The molecule has 1 saturated carbocycles. The number of unbranched alkanes of at least 4 members (excludes halogenated alkanes) is 1. The number of allylic oxidation sites excluding steroid dienone is 3. The third-order valence-electron chi connectivity index (χ3n) is 17.5. The van der Waals surface area contributed by atoms with E-state index < -0.39 is 108 Å². The van der Waals surface area contributed by atoms with Gasteiger partial charge in [-0.2, -0.15) is 0 Å². The fourth-order valence-electron chi connectivity index (χ4n) is 11.2. The normalized spacial score (nSPS) is 23.5. The summed E-state index contributed by atoms with van der Waals surface area (Å²) in [6.45, 7) is 10.4. The van der Waals surface area contributed by atoms with Gasteiger partial charge in [-0.25, -0.2) is 19.2 Å². The lowest BCUT2D eigenvalue weighted by Crippen LogP contribution is -2.54. The minimum atomic E-state index is -1.26. The van der Waals surface area contributed by atoms with Gasteiger partial charge in [0.2, 0.25) is 29.5 Å². The van der Waals surface area contributed by atoms with Crippen LogP contribution in [-0.2, 0) is 70.3 Å². The zero-order valence-corrected chi connectivity index (χ0v) is 54.9. The first kappa shape index (κ1) is 72.3. The number of methoxy groups -OCH3 is 2. The number of amides is 9. The number of halogens is 1. The molecule has 2 aromatic rings. The van der Waals surface area contributed by atoms with Crippen LogP contribution in [0.2, 0.25) is 5.02 Å². The monoisotopic (exact) mass is 1290 g/mol. The molecule has 4 bridgehead atoms. The van der Waals surface area contributed by atoms with Crippen molar-refractivity contribution in [1.82, 2.24) is 31.1 Å². The number of benzene rings is 2. The Balaban J connectivity index is 1.03. The lowest BCUT2D eigenvalue weighted by molar-refractivity contribution is -0.162. The Hall–Kier alpha value is -7.77. The number of nitrogens with two attached hydrogens (primary N) is 1. The van der Waals surface area contributed by atoms with Gasteiger partial charge in [-0.05, 0) is 107 Å². The second-order valence-corrected chi connectivity index (χ2v) is 25.1. The molecule has 1 aliphatic carbocycles. The Labute approximate surface area is 537 Å². The number of Topliss-reactive ketones (excluding diaryl/α,β-unsaturated/α-hetero) is 1. The second-order valence-electron chi connectivity index (χ2n) is 24.7. The SMILES string of the molecule is COc1cc2cc(c1Cl)N(C)C(=O)C[C@H](OC(=O)[C@H](C)N(C)C(=O)CCN(C)C(=O)OCc1ccc(NC(=O)[C@H](CCCNC(N)=O)NC(=O)[C@@H](NC(=O)CCCCC(=O)C3CCC3)C(C)C)cc1)[C@]1(C)O[C@H]1[C@H](C)[C@@H]1CC(NC(=O)O1)[C@H](OC)/C=C/C=C(\C)C2. The number of nitrogens with zero attached hydrogens (tertiary/aromatic N) is 3. The van der Waals surface area contributed by atoms with Crippen molar-refractivity contribution in [3.63, 3.8) is 0 Å².